The van der Waals surface area contributed by atoms with Crippen LogP contribution in [-0.4, -0.2) is 28.7 Å². The van der Waals surface area contributed by atoms with Crippen LogP contribution in [0.15, 0.2) is 48.5 Å². The van der Waals surface area contributed by atoms with Gasteiger partial charge < -0.3 is 14.8 Å². The molecule has 2 atom stereocenters. The van der Waals surface area contributed by atoms with Crippen molar-refractivity contribution in [3.05, 3.63) is 65.4 Å². The third-order valence-electron chi connectivity index (χ3n) is 5.17. The van der Waals surface area contributed by atoms with Crippen LogP contribution in [0.3, 0.4) is 0 Å². The summed E-state index contributed by atoms with van der Waals surface area (Å²) in [6.07, 6.45) is 2.57. The van der Waals surface area contributed by atoms with Crippen LogP contribution in [0.5, 0.6) is 5.75 Å². The fraction of sp³-hybridized carbons (Fsp3) is 0.318. The van der Waals surface area contributed by atoms with E-state index in [9.17, 15) is 9.90 Å². The average Bonchev–Trinajstić information content (AvgIpc) is 3.06. The Kier molecular flexibility index (Phi) is 4.86. The Labute approximate surface area is 158 Å². The quantitative estimate of drug-likeness (QED) is 0.577. The number of hydrogen-bond acceptors (Lipinski definition) is 3. The first-order chi connectivity index (χ1) is 13.2. The SMILES string of the molecule is CCCCOc1cccc(C2NC(C(=O)O)Cc3c2[nH]c2ccccc32)c1. The number of hydrogen-bond donors (Lipinski definition) is 3. The molecule has 2 heterocycles. The van der Waals surface area contributed by atoms with Gasteiger partial charge in [-0.25, -0.2) is 0 Å². The monoisotopic (exact) mass is 364 g/mol. The van der Waals surface area contributed by atoms with Gasteiger partial charge in [0.25, 0.3) is 0 Å². The number of H-pyrrole nitrogens is 1. The number of nitrogens with one attached hydrogen (secondary N) is 2. The van der Waals surface area contributed by atoms with E-state index in [0.717, 1.165) is 46.3 Å². The Balaban J connectivity index is 1.74. The van der Waals surface area contributed by atoms with E-state index in [0.29, 0.717) is 13.0 Å². The largest absolute Gasteiger partial charge is 0.494 e. The van der Waals surface area contributed by atoms with E-state index in [-0.39, 0.29) is 6.04 Å². The number of para-hydroxylation sites is 1. The van der Waals surface area contributed by atoms with Gasteiger partial charge in [-0.15, -0.1) is 0 Å². The molecule has 0 spiro atoms. The maximum Gasteiger partial charge on any atom is 0.321 e. The number of unbranched alkanes of at least 4 members (excludes halogenated alkanes) is 1. The predicted molar refractivity (Wildman–Crippen MR) is 105 cm³/mol. The minimum Gasteiger partial charge on any atom is -0.494 e. The first kappa shape index (κ1) is 17.6. The molecule has 0 amide bonds. The number of fused-ring (bicyclic) bond motifs is 3. The Morgan fingerprint density at radius 3 is 2.89 bits per heavy atom. The van der Waals surface area contributed by atoms with Crippen LogP contribution < -0.4 is 10.1 Å². The molecule has 5 heteroatoms. The Morgan fingerprint density at radius 2 is 2.07 bits per heavy atom. The van der Waals surface area contributed by atoms with Crippen molar-refractivity contribution in [2.24, 2.45) is 0 Å². The lowest BCUT2D eigenvalue weighted by atomic mass is 9.90. The van der Waals surface area contributed by atoms with Crippen molar-refractivity contribution in [3.8, 4) is 5.75 Å². The number of ether oxygens (including phenoxy) is 1. The lowest BCUT2D eigenvalue weighted by molar-refractivity contribution is -0.139. The number of benzene rings is 2. The summed E-state index contributed by atoms with van der Waals surface area (Å²) in [7, 11) is 0. The van der Waals surface area contributed by atoms with Gasteiger partial charge in [0.15, 0.2) is 0 Å². The zero-order chi connectivity index (χ0) is 18.8. The molecule has 5 nitrogen and oxygen atoms in total. The fourth-order valence-corrected chi connectivity index (χ4v) is 3.77. The van der Waals surface area contributed by atoms with Gasteiger partial charge in [-0.2, -0.15) is 0 Å². The molecule has 0 aliphatic carbocycles. The molecule has 2 aromatic carbocycles. The van der Waals surface area contributed by atoms with Crippen molar-refractivity contribution in [2.75, 3.05) is 6.61 Å². The lowest BCUT2D eigenvalue weighted by Crippen LogP contribution is -2.44. The topological polar surface area (TPSA) is 74.3 Å². The molecule has 4 rings (SSSR count). The van der Waals surface area contributed by atoms with Crippen LogP contribution >= 0.6 is 0 Å². The molecule has 2 unspecified atom stereocenters. The number of carboxylic acid groups (broad SMARTS) is 1. The molecule has 140 valence electrons. The van der Waals surface area contributed by atoms with Crippen LogP contribution in [0.2, 0.25) is 0 Å². The van der Waals surface area contributed by atoms with Gasteiger partial charge >= 0.3 is 5.97 Å². The summed E-state index contributed by atoms with van der Waals surface area (Å²) in [4.78, 5) is 15.2. The average molecular weight is 364 g/mol. The second-order valence-electron chi connectivity index (χ2n) is 7.03. The Morgan fingerprint density at radius 1 is 1.22 bits per heavy atom. The molecule has 27 heavy (non-hydrogen) atoms. The van der Waals surface area contributed by atoms with Crippen molar-refractivity contribution in [2.45, 2.75) is 38.3 Å². The van der Waals surface area contributed by atoms with Gasteiger partial charge in [-0.1, -0.05) is 43.7 Å². The maximum absolute atomic E-state index is 11.7. The van der Waals surface area contributed by atoms with Crippen molar-refractivity contribution in [1.29, 1.82) is 0 Å². The van der Waals surface area contributed by atoms with Crippen molar-refractivity contribution < 1.29 is 14.6 Å². The highest BCUT2D eigenvalue weighted by Crippen LogP contribution is 2.36. The standard InChI is InChI=1S/C22H24N2O3/c1-2-3-11-27-15-8-6-7-14(12-15)20-21-17(13-19(24-20)22(25)26)16-9-4-5-10-18(16)23-21/h4-10,12,19-20,23-24H,2-3,11,13H2,1H3,(H,25,26). The molecule has 0 saturated carbocycles. The van der Waals surface area contributed by atoms with E-state index in [2.05, 4.69) is 23.3 Å². The van der Waals surface area contributed by atoms with E-state index >= 15 is 0 Å². The molecule has 1 aromatic heterocycles. The number of aromatic amines is 1. The molecule has 3 aromatic rings. The molecular formula is C22H24N2O3. The molecule has 0 radical (unpaired) electrons. The number of aromatic nitrogens is 1. The van der Waals surface area contributed by atoms with Gasteiger partial charge in [0.05, 0.1) is 12.6 Å². The van der Waals surface area contributed by atoms with Crippen molar-refractivity contribution in [3.63, 3.8) is 0 Å². The molecule has 1 aliphatic rings. The van der Waals surface area contributed by atoms with E-state index in [1.54, 1.807) is 0 Å². The van der Waals surface area contributed by atoms with Crippen LogP contribution in [0.1, 0.15) is 42.6 Å². The minimum atomic E-state index is -0.828. The van der Waals surface area contributed by atoms with Crippen LogP contribution in [0, 0.1) is 0 Å². The second kappa shape index (κ2) is 7.45. The first-order valence-corrected chi connectivity index (χ1v) is 9.48. The third-order valence-corrected chi connectivity index (χ3v) is 5.17. The predicted octanol–water partition coefficient (Wildman–Crippen LogP) is 4.04. The van der Waals surface area contributed by atoms with E-state index in [4.69, 9.17) is 4.74 Å². The Hall–Kier alpha value is -2.79. The number of aliphatic carboxylic acids is 1. The van der Waals surface area contributed by atoms with E-state index < -0.39 is 12.0 Å². The molecular weight excluding hydrogens is 340 g/mol. The fourth-order valence-electron chi connectivity index (χ4n) is 3.77. The van der Waals surface area contributed by atoms with E-state index in [1.165, 1.54) is 0 Å². The van der Waals surface area contributed by atoms with Crippen LogP contribution in [0.4, 0.5) is 0 Å². The van der Waals surface area contributed by atoms with Gasteiger partial charge in [0.2, 0.25) is 0 Å². The zero-order valence-corrected chi connectivity index (χ0v) is 15.4. The Bertz CT molecular complexity index is 963. The third kappa shape index (κ3) is 3.43. The highest BCUT2D eigenvalue weighted by molar-refractivity contribution is 5.87. The smallest absolute Gasteiger partial charge is 0.321 e. The number of rotatable bonds is 6. The van der Waals surface area contributed by atoms with Gasteiger partial charge in [-0.05, 0) is 35.7 Å². The van der Waals surface area contributed by atoms with Crippen LogP contribution in [0.25, 0.3) is 10.9 Å². The van der Waals surface area contributed by atoms with Crippen molar-refractivity contribution in [1.82, 2.24) is 10.3 Å². The zero-order valence-electron chi connectivity index (χ0n) is 15.4. The van der Waals surface area contributed by atoms with E-state index in [1.807, 2.05) is 42.5 Å². The maximum atomic E-state index is 11.7. The van der Waals surface area contributed by atoms with Crippen LogP contribution in [-0.2, 0) is 11.2 Å². The molecule has 3 N–H and O–H groups in total. The number of carboxylic acids is 1. The molecule has 0 bridgehead atoms. The van der Waals surface area contributed by atoms with Gasteiger partial charge in [0, 0.05) is 23.0 Å². The highest BCUT2D eigenvalue weighted by atomic mass is 16.5. The molecule has 0 fully saturated rings. The summed E-state index contributed by atoms with van der Waals surface area (Å²) >= 11 is 0. The second-order valence-corrected chi connectivity index (χ2v) is 7.03. The van der Waals surface area contributed by atoms with Crippen molar-refractivity contribution >= 4 is 16.9 Å². The summed E-state index contributed by atoms with van der Waals surface area (Å²) in [6.45, 7) is 2.82. The normalized spacial score (nSPS) is 19.0. The summed E-state index contributed by atoms with van der Waals surface area (Å²) < 4.78 is 5.84. The summed E-state index contributed by atoms with van der Waals surface area (Å²) in [6, 6.07) is 15.2. The minimum absolute atomic E-state index is 0.211. The lowest BCUT2D eigenvalue weighted by Gasteiger charge is -2.29. The summed E-state index contributed by atoms with van der Waals surface area (Å²) in [5.74, 6) is -0.0101. The number of carbonyl (C=O) groups is 1. The summed E-state index contributed by atoms with van der Waals surface area (Å²) in [5, 5.41) is 14.0. The molecule has 1 aliphatic heterocycles. The molecule has 0 saturated heterocycles. The van der Waals surface area contributed by atoms with Gasteiger partial charge in [0.1, 0.15) is 11.8 Å². The first-order valence-electron chi connectivity index (χ1n) is 9.48. The summed E-state index contributed by atoms with van der Waals surface area (Å²) in [5.41, 5.74) is 4.16. The van der Waals surface area contributed by atoms with Gasteiger partial charge in [-0.3, -0.25) is 10.1 Å². The highest BCUT2D eigenvalue weighted by Gasteiger charge is 2.33.